The molecule has 0 fully saturated rings. The predicted octanol–water partition coefficient (Wildman–Crippen LogP) is 2.70. The van der Waals surface area contributed by atoms with Gasteiger partial charge in [-0.1, -0.05) is 51.4 Å². The van der Waals surface area contributed by atoms with Crippen LogP contribution < -0.4 is 10.6 Å². The van der Waals surface area contributed by atoms with E-state index < -0.39 is 17.4 Å². The van der Waals surface area contributed by atoms with E-state index in [2.05, 4.69) is 10.6 Å². The number of aliphatic carboxylic acids is 1. The number of halogens is 1. The van der Waals surface area contributed by atoms with Gasteiger partial charge in [-0.05, 0) is 29.5 Å². The van der Waals surface area contributed by atoms with Crippen molar-refractivity contribution in [1.82, 2.24) is 10.6 Å². The third-order valence-corrected chi connectivity index (χ3v) is 3.97. The van der Waals surface area contributed by atoms with Crippen LogP contribution in [0.2, 0.25) is 5.02 Å². The van der Waals surface area contributed by atoms with E-state index in [-0.39, 0.29) is 30.7 Å². The lowest BCUT2D eigenvalue weighted by Crippen LogP contribution is -2.54. The smallest absolute Gasteiger partial charge is 0.334 e. The third kappa shape index (κ3) is 6.05. The SMILES string of the molecule is CCC(NC(=O)CNC(=O)CC(C)(C)C)(C(=O)O)c1ccc(Cl)cc1. The number of carboxylic acid groups (broad SMARTS) is 1. The van der Waals surface area contributed by atoms with Gasteiger partial charge in [0.2, 0.25) is 11.8 Å². The Kier molecular flexibility index (Phi) is 6.99. The van der Waals surface area contributed by atoms with Gasteiger partial charge in [-0.25, -0.2) is 4.79 Å². The lowest BCUT2D eigenvalue weighted by Gasteiger charge is -2.30. The molecule has 0 saturated heterocycles. The molecule has 25 heavy (non-hydrogen) atoms. The molecule has 0 spiro atoms. The molecule has 0 aliphatic rings. The van der Waals surface area contributed by atoms with Crippen LogP contribution >= 0.6 is 11.6 Å². The van der Waals surface area contributed by atoms with Gasteiger partial charge in [0.25, 0.3) is 0 Å². The van der Waals surface area contributed by atoms with Gasteiger partial charge in [-0.3, -0.25) is 9.59 Å². The minimum Gasteiger partial charge on any atom is -0.479 e. The third-order valence-electron chi connectivity index (χ3n) is 3.72. The van der Waals surface area contributed by atoms with E-state index in [0.29, 0.717) is 10.6 Å². The topological polar surface area (TPSA) is 95.5 Å². The molecule has 0 aliphatic heterocycles. The lowest BCUT2D eigenvalue weighted by atomic mass is 9.87. The molecular weight excluding hydrogens is 344 g/mol. The number of carbonyl (C=O) groups is 3. The Hall–Kier alpha value is -2.08. The van der Waals surface area contributed by atoms with Crippen LogP contribution in [0.15, 0.2) is 24.3 Å². The highest BCUT2D eigenvalue weighted by Gasteiger charge is 2.40. The first-order chi connectivity index (χ1) is 11.5. The minimum atomic E-state index is -1.57. The zero-order valence-electron chi connectivity index (χ0n) is 15.0. The van der Waals surface area contributed by atoms with Crippen LogP contribution in [0.4, 0.5) is 0 Å². The molecule has 138 valence electrons. The van der Waals surface area contributed by atoms with Crippen molar-refractivity contribution in [3.05, 3.63) is 34.9 Å². The average molecular weight is 369 g/mol. The van der Waals surface area contributed by atoms with Crippen LogP contribution in [0.3, 0.4) is 0 Å². The van der Waals surface area contributed by atoms with Gasteiger partial charge in [-0.2, -0.15) is 0 Å². The van der Waals surface area contributed by atoms with Crippen molar-refractivity contribution in [2.24, 2.45) is 5.41 Å². The van der Waals surface area contributed by atoms with Crippen molar-refractivity contribution in [3.8, 4) is 0 Å². The number of hydrogen-bond acceptors (Lipinski definition) is 3. The van der Waals surface area contributed by atoms with Crippen molar-refractivity contribution in [3.63, 3.8) is 0 Å². The molecule has 3 N–H and O–H groups in total. The number of carboxylic acids is 1. The fraction of sp³-hybridized carbons (Fsp3) is 0.500. The van der Waals surface area contributed by atoms with Crippen molar-refractivity contribution in [1.29, 1.82) is 0 Å². The van der Waals surface area contributed by atoms with Gasteiger partial charge >= 0.3 is 5.97 Å². The van der Waals surface area contributed by atoms with Gasteiger partial charge in [0.05, 0.1) is 6.54 Å². The maximum absolute atomic E-state index is 12.2. The summed E-state index contributed by atoms with van der Waals surface area (Å²) in [5.41, 5.74) is -1.35. The maximum atomic E-state index is 12.2. The van der Waals surface area contributed by atoms with Crippen molar-refractivity contribution in [2.45, 2.75) is 46.1 Å². The van der Waals surface area contributed by atoms with E-state index in [1.54, 1.807) is 31.2 Å². The number of rotatable bonds is 7. The van der Waals surface area contributed by atoms with Crippen LogP contribution in [0.25, 0.3) is 0 Å². The van der Waals surface area contributed by atoms with Crippen molar-refractivity contribution < 1.29 is 19.5 Å². The number of hydrogen-bond donors (Lipinski definition) is 3. The molecule has 0 aromatic heterocycles. The van der Waals surface area contributed by atoms with Crippen LogP contribution in [0.5, 0.6) is 0 Å². The highest BCUT2D eigenvalue weighted by molar-refractivity contribution is 6.30. The summed E-state index contributed by atoms with van der Waals surface area (Å²) in [6.07, 6.45) is 0.418. The first-order valence-electron chi connectivity index (χ1n) is 8.07. The number of nitrogens with one attached hydrogen (secondary N) is 2. The molecule has 0 heterocycles. The predicted molar refractivity (Wildman–Crippen MR) is 96.3 cm³/mol. The Morgan fingerprint density at radius 1 is 1.08 bits per heavy atom. The van der Waals surface area contributed by atoms with E-state index in [1.807, 2.05) is 20.8 Å². The molecule has 1 unspecified atom stereocenters. The molecule has 1 rings (SSSR count). The standard InChI is InChI=1S/C18H25ClN2O4/c1-5-18(16(24)25,12-6-8-13(19)9-7-12)21-15(23)11-20-14(22)10-17(2,3)4/h6-9H,5,10-11H2,1-4H3,(H,20,22)(H,21,23)(H,24,25). The highest BCUT2D eigenvalue weighted by Crippen LogP contribution is 2.27. The highest BCUT2D eigenvalue weighted by atomic mass is 35.5. The molecule has 0 saturated carbocycles. The van der Waals surface area contributed by atoms with Gasteiger partial charge < -0.3 is 15.7 Å². The van der Waals surface area contributed by atoms with Crippen LogP contribution in [-0.2, 0) is 19.9 Å². The quantitative estimate of drug-likeness (QED) is 0.689. The zero-order chi connectivity index (χ0) is 19.3. The molecule has 0 aliphatic carbocycles. The van der Waals surface area contributed by atoms with Gasteiger partial charge in [0.15, 0.2) is 5.54 Å². The van der Waals surface area contributed by atoms with E-state index in [0.717, 1.165) is 0 Å². The summed E-state index contributed by atoms with van der Waals surface area (Å²) in [7, 11) is 0. The largest absolute Gasteiger partial charge is 0.479 e. The fourth-order valence-electron chi connectivity index (χ4n) is 2.43. The Labute approximate surface area is 152 Å². The van der Waals surface area contributed by atoms with Crippen molar-refractivity contribution in [2.75, 3.05) is 6.54 Å². The number of carbonyl (C=O) groups excluding carboxylic acids is 2. The van der Waals surface area contributed by atoms with E-state index in [1.165, 1.54) is 0 Å². The second kappa shape index (κ2) is 8.34. The number of benzene rings is 1. The van der Waals surface area contributed by atoms with Gasteiger partial charge in [0.1, 0.15) is 0 Å². The molecule has 7 heteroatoms. The average Bonchev–Trinajstić information content (AvgIpc) is 2.49. The van der Waals surface area contributed by atoms with Gasteiger partial charge in [-0.15, -0.1) is 0 Å². The molecular formula is C18H25ClN2O4. The first-order valence-corrected chi connectivity index (χ1v) is 8.45. The zero-order valence-corrected chi connectivity index (χ0v) is 15.7. The molecule has 6 nitrogen and oxygen atoms in total. The molecule has 2 amide bonds. The van der Waals surface area contributed by atoms with Crippen LogP contribution in [0, 0.1) is 5.41 Å². The van der Waals surface area contributed by atoms with Crippen molar-refractivity contribution >= 4 is 29.4 Å². The summed E-state index contributed by atoms with van der Waals surface area (Å²) in [5, 5.41) is 15.2. The van der Waals surface area contributed by atoms with Gasteiger partial charge in [0, 0.05) is 11.4 Å². The Morgan fingerprint density at radius 3 is 2.08 bits per heavy atom. The lowest BCUT2D eigenvalue weighted by molar-refractivity contribution is -0.148. The normalized spacial score (nSPS) is 13.6. The molecule has 1 atom stereocenters. The molecule has 1 aromatic rings. The second-order valence-corrected chi connectivity index (χ2v) is 7.57. The molecule has 0 bridgehead atoms. The molecule has 0 radical (unpaired) electrons. The summed E-state index contributed by atoms with van der Waals surface area (Å²) >= 11 is 5.85. The Bertz CT molecular complexity index is 637. The fourth-order valence-corrected chi connectivity index (χ4v) is 2.56. The second-order valence-electron chi connectivity index (χ2n) is 7.13. The monoisotopic (exact) mass is 368 g/mol. The van der Waals surface area contributed by atoms with Crippen LogP contribution in [-0.4, -0.2) is 29.4 Å². The van der Waals surface area contributed by atoms with E-state index in [9.17, 15) is 19.5 Å². The summed E-state index contributed by atoms with van der Waals surface area (Å²) in [6, 6.07) is 6.28. The maximum Gasteiger partial charge on any atom is 0.334 e. The first kappa shape index (κ1) is 21.0. The summed E-state index contributed by atoms with van der Waals surface area (Å²) in [6.45, 7) is 7.14. The summed E-state index contributed by atoms with van der Waals surface area (Å²) < 4.78 is 0. The summed E-state index contributed by atoms with van der Waals surface area (Å²) in [4.78, 5) is 35.9. The Morgan fingerprint density at radius 2 is 1.64 bits per heavy atom. The van der Waals surface area contributed by atoms with E-state index >= 15 is 0 Å². The summed E-state index contributed by atoms with van der Waals surface area (Å²) in [5.74, 6) is -2.00. The van der Waals surface area contributed by atoms with E-state index in [4.69, 9.17) is 11.6 Å². The molecule has 1 aromatic carbocycles. The minimum absolute atomic E-state index is 0.144. The van der Waals surface area contributed by atoms with Crippen LogP contribution in [0.1, 0.15) is 46.1 Å². The Balaban J connectivity index is 2.85. The number of amides is 2.